The molecule has 4 rings (SSSR count). The molecule has 9 nitrogen and oxygen atoms in total. The number of amidine groups is 1. The summed E-state index contributed by atoms with van der Waals surface area (Å²) >= 11 is 1.23. The first-order chi connectivity index (χ1) is 19.7. The van der Waals surface area contributed by atoms with Gasteiger partial charge in [-0.25, -0.2) is 9.79 Å². The van der Waals surface area contributed by atoms with Crippen LogP contribution in [0.1, 0.15) is 40.4 Å². The van der Waals surface area contributed by atoms with Crippen molar-refractivity contribution in [2.75, 3.05) is 26.1 Å². The zero-order valence-electron chi connectivity index (χ0n) is 23.7. The number of amides is 2. The first kappa shape index (κ1) is 29.7. The van der Waals surface area contributed by atoms with Gasteiger partial charge in [0.1, 0.15) is 5.25 Å². The normalized spacial score (nSPS) is 15.9. The van der Waals surface area contributed by atoms with Gasteiger partial charge in [0, 0.05) is 12.1 Å². The summed E-state index contributed by atoms with van der Waals surface area (Å²) in [6.07, 6.45) is 0.00944. The highest BCUT2D eigenvalue weighted by Crippen LogP contribution is 2.33. The van der Waals surface area contributed by atoms with Crippen molar-refractivity contribution < 1.29 is 28.6 Å². The van der Waals surface area contributed by atoms with Crippen molar-refractivity contribution in [3.63, 3.8) is 0 Å². The second-order valence-corrected chi connectivity index (χ2v) is 10.6. The van der Waals surface area contributed by atoms with Crippen LogP contribution >= 0.6 is 11.8 Å². The van der Waals surface area contributed by atoms with E-state index in [1.807, 2.05) is 44.2 Å². The number of ether oxygens (including phenoxy) is 3. The Balaban J connectivity index is 1.63. The van der Waals surface area contributed by atoms with E-state index in [2.05, 4.69) is 5.32 Å². The lowest BCUT2D eigenvalue weighted by molar-refractivity contribution is -0.129. The number of esters is 1. The summed E-state index contributed by atoms with van der Waals surface area (Å²) in [5.74, 6) is 0.190. The van der Waals surface area contributed by atoms with Crippen molar-refractivity contribution in [3.8, 4) is 11.5 Å². The van der Waals surface area contributed by atoms with Crippen LogP contribution in [0.4, 0.5) is 11.4 Å². The van der Waals surface area contributed by atoms with E-state index in [9.17, 15) is 14.4 Å². The van der Waals surface area contributed by atoms with Crippen LogP contribution in [0.25, 0.3) is 0 Å². The third-order valence-corrected chi connectivity index (χ3v) is 7.65. The molecule has 0 aromatic heterocycles. The number of hydrogen-bond donors (Lipinski definition) is 1. The minimum absolute atomic E-state index is 0.00944. The Bertz CT molecular complexity index is 1470. The summed E-state index contributed by atoms with van der Waals surface area (Å²) in [5.41, 5.74) is 4.47. The van der Waals surface area contributed by atoms with Gasteiger partial charge in [-0.1, -0.05) is 35.5 Å². The fraction of sp³-hybridized carbons (Fsp3) is 0.290. The molecule has 1 fully saturated rings. The number of anilines is 1. The SMILES string of the molecule is CCOC(=O)c1ccc(N=C2SC(C(=O)Nc3ccc(C)cc3C)CC(=O)N2Cc2ccc(OC)c(OC)c2)cc1. The number of methoxy groups -OCH3 is 2. The van der Waals surface area contributed by atoms with Crippen molar-refractivity contribution in [1.82, 2.24) is 4.90 Å². The number of carbonyl (C=O) groups excluding carboxylic acids is 3. The number of aryl methyl sites for hydroxylation is 2. The number of carbonyl (C=O) groups is 3. The zero-order valence-corrected chi connectivity index (χ0v) is 24.5. The van der Waals surface area contributed by atoms with Gasteiger partial charge in [-0.15, -0.1) is 0 Å². The van der Waals surface area contributed by atoms with Crippen LogP contribution in [0.5, 0.6) is 11.5 Å². The van der Waals surface area contributed by atoms with E-state index in [1.165, 1.54) is 11.8 Å². The number of nitrogens with zero attached hydrogens (tertiary/aromatic N) is 2. The van der Waals surface area contributed by atoms with Gasteiger partial charge in [0.25, 0.3) is 0 Å². The molecule has 0 radical (unpaired) electrons. The second kappa shape index (κ2) is 13.4. The minimum Gasteiger partial charge on any atom is -0.493 e. The molecular weight excluding hydrogens is 542 g/mol. The monoisotopic (exact) mass is 575 g/mol. The maximum atomic E-state index is 13.5. The highest BCUT2D eigenvalue weighted by molar-refractivity contribution is 8.15. The van der Waals surface area contributed by atoms with Crippen molar-refractivity contribution >= 4 is 46.1 Å². The quantitative estimate of drug-likeness (QED) is 0.328. The number of thioether (sulfide) groups is 1. The van der Waals surface area contributed by atoms with Crippen molar-refractivity contribution in [3.05, 3.63) is 82.9 Å². The summed E-state index contributed by atoms with van der Waals surface area (Å²) in [6, 6.07) is 17.8. The Labute approximate surface area is 243 Å². The number of hydrogen-bond acceptors (Lipinski definition) is 8. The molecule has 2 amide bonds. The van der Waals surface area contributed by atoms with Crippen LogP contribution in [-0.2, 0) is 20.9 Å². The van der Waals surface area contributed by atoms with E-state index in [4.69, 9.17) is 19.2 Å². The molecule has 1 saturated heterocycles. The predicted octanol–water partition coefficient (Wildman–Crippen LogP) is 5.66. The molecule has 1 atom stereocenters. The molecule has 3 aromatic carbocycles. The molecule has 1 N–H and O–H groups in total. The lowest BCUT2D eigenvalue weighted by Gasteiger charge is -2.32. The summed E-state index contributed by atoms with van der Waals surface area (Å²) in [7, 11) is 3.11. The largest absolute Gasteiger partial charge is 0.493 e. The molecule has 3 aromatic rings. The molecule has 1 aliphatic rings. The van der Waals surface area contributed by atoms with Crippen molar-refractivity contribution in [2.45, 2.75) is 39.0 Å². The molecule has 1 heterocycles. The van der Waals surface area contributed by atoms with E-state index in [0.29, 0.717) is 33.6 Å². The third kappa shape index (κ3) is 7.26. The highest BCUT2D eigenvalue weighted by atomic mass is 32.2. The van der Waals surface area contributed by atoms with E-state index in [1.54, 1.807) is 56.4 Å². The summed E-state index contributed by atoms with van der Waals surface area (Å²) < 4.78 is 15.8. The first-order valence-corrected chi connectivity index (χ1v) is 14.0. The first-order valence-electron chi connectivity index (χ1n) is 13.1. The van der Waals surface area contributed by atoms with Gasteiger partial charge in [0.2, 0.25) is 11.8 Å². The van der Waals surface area contributed by atoms with Gasteiger partial charge in [-0.05, 0) is 74.4 Å². The standard InChI is InChI=1S/C31H33N3O6S/c1-6-40-30(37)22-9-11-23(12-10-22)32-31-34(18-21-8-14-25(38-4)26(16-21)39-5)28(35)17-27(41-31)29(36)33-24-13-7-19(2)15-20(24)3/h7-16,27H,6,17-18H2,1-5H3,(H,33,36). The van der Waals surface area contributed by atoms with E-state index < -0.39 is 11.2 Å². The van der Waals surface area contributed by atoms with E-state index in [0.717, 1.165) is 16.7 Å². The van der Waals surface area contributed by atoms with Gasteiger partial charge in [0.15, 0.2) is 16.7 Å². The molecule has 0 spiro atoms. The van der Waals surface area contributed by atoms with Crippen molar-refractivity contribution in [2.24, 2.45) is 4.99 Å². The third-order valence-electron chi connectivity index (χ3n) is 6.46. The maximum Gasteiger partial charge on any atom is 0.338 e. The average Bonchev–Trinajstić information content (AvgIpc) is 2.96. The van der Waals surface area contributed by atoms with E-state index >= 15 is 0 Å². The lowest BCUT2D eigenvalue weighted by atomic mass is 10.1. The number of nitrogens with one attached hydrogen (secondary N) is 1. The van der Waals surface area contributed by atoms with Gasteiger partial charge in [-0.2, -0.15) is 0 Å². The van der Waals surface area contributed by atoms with Gasteiger partial charge in [-0.3, -0.25) is 14.5 Å². The zero-order chi connectivity index (χ0) is 29.5. The molecule has 0 bridgehead atoms. The van der Waals surface area contributed by atoms with Crippen LogP contribution in [-0.4, -0.2) is 53.9 Å². The molecular formula is C31H33N3O6S. The Kier molecular flexibility index (Phi) is 9.67. The molecule has 1 aliphatic heterocycles. The summed E-state index contributed by atoms with van der Waals surface area (Å²) in [4.78, 5) is 45.2. The van der Waals surface area contributed by atoms with Crippen LogP contribution in [0.3, 0.4) is 0 Å². The highest BCUT2D eigenvalue weighted by Gasteiger charge is 2.36. The van der Waals surface area contributed by atoms with Crippen LogP contribution in [0.2, 0.25) is 0 Å². The average molecular weight is 576 g/mol. The van der Waals surface area contributed by atoms with Gasteiger partial charge >= 0.3 is 5.97 Å². The van der Waals surface area contributed by atoms with Crippen LogP contribution in [0, 0.1) is 13.8 Å². The predicted molar refractivity (Wildman–Crippen MR) is 160 cm³/mol. The van der Waals surface area contributed by atoms with E-state index in [-0.39, 0.29) is 31.4 Å². The number of rotatable bonds is 9. The Hall–Kier alpha value is -4.31. The lowest BCUT2D eigenvalue weighted by Crippen LogP contribution is -2.44. The number of aliphatic imine (C=N–C) groups is 1. The fourth-order valence-electron chi connectivity index (χ4n) is 4.32. The van der Waals surface area contributed by atoms with Gasteiger partial charge < -0.3 is 19.5 Å². The number of benzene rings is 3. The molecule has 214 valence electrons. The molecule has 10 heteroatoms. The topological polar surface area (TPSA) is 107 Å². The van der Waals surface area contributed by atoms with Crippen LogP contribution < -0.4 is 14.8 Å². The summed E-state index contributed by atoms with van der Waals surface area (Å²) in [6.45, 7) is 6.16. The Morgan fingerprint density at radius 2 is 1.73 bits per heavy atom. The maximum absolute atomic E-state index is 13.5. The molecule has 0 aliphatic carbocycles. The Morgan fingerprint density at radius 1 is 1.00 bits per heavy atom. The summed E-state index contributed by atoms with van der Waals surface area (Å²) in [5, 5.41) is 2.67. The smallest absolute Gasteiger partial charge is 0.338 e. The molecule has 1 unspecified atom stereocenters. The van der Waals surface area contributed by atoms with Gasteiger partial charge in [0.05, 0.1) is 38.6 Å². The Morgan fingerprint density at radius 3 is 2.39 bits per heavy atom. The van der Waals surface area contributed by atoms with Crippen molar-refractivity contribution in [1.29, 1.82) is 0 Å². The molecule has 41 heavy (non-hydrogen) atoms. The van der Waals surface area contributed by atoms with Crippen LogP contribution in [0.15, 0.2) is 65.7 Å². The second-order valence-electron chi connectivity index (χ2n) is 9.45. The minimum atomic E-state index is -0.678. The molecule has 0 saturated carbocycles. The fourth-order valence-corrected chi connectivity index (χ4v) is 5.42.